The van der Waals surface area contributed by atoms with E-state index in [9.17, 15) is 52.4 Å². The molecule has 0 spiro atoms. The summed E-state index contributed by atoms with van der Waals surface area (Å²) in [5.74, 6) is -6.68. The first-order valence-corrected chi connectivity index (χ1v) is 15.1. The zero-order valence-corrected chi connectivity index (χ0v) is 25.1. The number of carboxylic acid groups (broad SMARTS) is 1. The van der Waals surface area contributed by atoms with E-state index in [1.807, 2.05) is 0 Å². The van der Waals surface area contributed by atoms with Crippen molar-refractivity contribution in [2.24, 2.45) is 5.16 Å². The number of benzene rings is 1. The number of aromatic nitrogens is 1. The number of likely N-dealkylation sites (tertiary alicyclic amines) is 1. The van der Waals surface area contributed by atoms with Gasteiger partial charge in [-0.05, 0) is 23.6 Å². The molecule has 3 amide bonds. The van der Waals surface area contributed by atoms with Gasteiger partial charge in [0.2, 0.25) is 5.91 Å². The number of thiazole rings is 1. The van der Waals surface area contributed by atoms with Gasteiger partial charge in [-0.25, -0.2) is 14.6 Å². The minimum Gasteiger partial charge on any atom is -0.477 e. The Labute approximate surface area is 268 Å². The Bertz CT molecular complexity index is 1790. The average Bonchev–Trinajstić information content (AvgIpc) is 3.59. The number of nitrogens with zero attached hydrogens (tertiary/aromatic N) is 5. The van der Waals surface area contributed by atoms with Gasteiger partial charge in [0.15, 0.2) is 10.8 Å². The highest BCUT2D eigenvalue weighted by atomic mass is 32.2. The lowest BCUT2D eigenvalue weighted by atomic mass is 10.0. The number of rotatable bonds is 9. The first-order chi connectivity index (χ1) is 22.1. The molecule has 2 fully saturated rings. The Morgan fingerprint density at radius 1 is 1.26 bits per heavy atom. The van der Waals surface area contributed by atoms with E-state index in [0.29, 0.717) is 12.1 Å². The number of alkyl halides is 3. The van der Waals surface area contributed by atoms with Crippen LogP contribution in [0.3, 0.4) is 0 Å². The van der Waals surface area contributed by atoms with Gasteiger partial charge < -0.3 is 25.9 Å². The molecule has 1 aromatic heterocycles. The van der Waals surface area contributed by atoms with Crippen LogP contribution < -0.4 is 11.1 Å². The molecule has 21 heteroatoms. The van der Waals surface area contributed by atoms with Crippen molar-refractivity contribution in [2.75, 3.05) is 18.0 Å². The highest BCUT2D eigenvalue weighted by molar-refractivity contribution is 8.00. The van der Waals surface area contributed by atoms with Gasteiger partial charge in [0.1, 0.15) is 22.8 Å². The number of amides is 3. The molecule has 0 bridgehead atoms. The van der Waals surface area contributed by atoms with Crippen molar-refractivity contribution in [2.45, 2.75) is 30.6 Å². The number of nitro benzene ring substituents is 1. The number of carboxylic acids is 1. The number of nitrogens with one attached hydrogen (secondary N) is 1. The van der Waals surface area contributed by atoms with E-state index in [2.05, 4.69) is 20.3 Å². The number of nitro groups is 1. The van der Waals surface area contributed by atoms with Gasteiger partial charge in [0.05, 0.1) is 4.92 Å². The summed E-state index contributed by atoms with van der Waals surface area (Å²) >= 11 is 1.86. The van der Waals surface area contributed by atoms with E-state index in [0.717, 1.165) is 33.4 Å². The molecule has 2 atom stereocenters. The largest absolute Gasteiger partial charge is 0.493 e. The summed E-state index contributed by atoms with van der Waals surface area (Å²) in [7, 11) is 0. The molecule has 2 aromatic rings. The maximum absolute atomic E-state index is 13.1. The van der Waals surface area contributed by atoms with Crippen LogP contribution in [-0.4, -0.2) is 90.1 Å². The highest BCUT2D eigenvalue weighted by Crippen LogP contribution is 2.41. The maximum atomic E-state index is 13.1. The first kappa shape index (κ1) is 33.1. The van der Waals surface area contributed by atoms with Crippen molar-refractivity contribution < 1.29 is 52.0 Å². The monoisotopic (exact) mass is 695 g/mol. The van der Waals surface area contributed by atoms with Crippen LogP contribution in [-0.2, 0) is 35.4 Å². The normalized spacial score (nSPS) is 20.7. The number of thioether (sulfide) groups is 1. The van der Waals surface area contributed by atoms with Gasteiger partial charge in [-0.1, -0.05) is 17.3 Å². The number of hydrogen-bond acceptors (Lipinski definition) is 13. The maximum Gasteiger partial charge on any atom is 0.493 e. The van der Waals surface area contributed by atoms with Crippen molar-refractivity contribution in [3.05, 3.63) is 73.9 Å². The number of hydrogen-bond donors (Lipinski definition) is 3. The number of allylic oxidation sites excluding steroid dienone is 1. The lowest BCUT2D eigenvalue weighted by Crippen LogP contribution is -2.71. The molecule has 3 aliphatic heterocycles. The Morgan fingerprint density at radius 2 is 1.96 bits per heavy atom. The summed E-state index contributed by atoms with van der Waals surface area (Å²) in [4.78, 5) is 83.0. The van der Waals surface area contributed by atoms with Crippen LogP contribution >= 0.6 is 23.1 Å². The Kier molecular flexibility index (Phi) is 9.02. The van der Waals surface area contributed by atoms with Gasteiger partial charge in [0.25, 0.3) is 17.5 Å². The SMILES string of the molecule is Nc1nc(/C(=N/OC(=O)C(F)(F)F)C(=O)N[C@@H]2C(=O)N3C(C(=O)O)=C(/C=C4\CCN(Cc5ccc([N+](=O)[O-])cc5)C4=O)CS[C@H]23)cs1. The number of carbonyl (C=O) groups is 5. The Hall–Kier alpha value is -5.31. The lowest BCUT2D eigenvalue weighted by molar-refractivity contribution is -0.384. The molecule has 4 heterocycles. The standard InChI is InChI=1S/C26H20F3N7O9S2/c27-26(28,29)24(42)45-33-16(15-10-47-25(30)31-15)19(37)32-17-21(39)35-18(23(40)41)13(9-46-22(17)35)7-12-5-6-34(20(12)38)8-11-1-3-14(4-2-11)36(43)44/h1-4,7,10,17,22H,5-6,8-9H2,(H2,30,31)(H,32,37)(H,40,41)/b12-7+,33-16-/t17-,22-/m1/s1. The quantitative estimate of drug-likeness (QED) is 0.0848. The molecule has 0 aliphatic carbocycles. The van der Waals surface area contributed by atoms with Gasteiger partial charge >= 0.3 is 18.1 Å². The topological polar surface area (TPSA) is 228 Å². The minimum absolute atomic E-state index is 0.00828. The molecule has 0 radical (unpaired) electrons. The minimum atomic E-state index is -5.42. The van der Waals surface area contributed by atoms with Crippen molar-refractivity contribution in [1.29, 1.82) is 0 Å². The summed E-state index contributed by atoms with van der Waals surface area (Å²) in [6.45, 7) is 0.465. The summed E-state index contributed by atoms with van der Waals surface area (Å²) < 4.78 is 37.8. The van der Waals surface area contributed by atoms with Crippen molar-refractivity contribution >= 4 is 69.3 Å². The van der Waals surface area contributed by atoms with E-state index >= 15 is 0 Å². The summed E-state index contributed by atoms with van der Waals surface area (Å²) in [6, 6.07) is 4.34. The smallest absolute Gasteiger partial charge is 0.477 e. The number of nitrogens with two attached hydrogens (primary N) is 1. The molecule has 16 nitrogen and oxygen atoms in total. The molecule has 4 N–H and O–H groups in total. The van der Waals surface area contributed by atoms with E-state index in [4.69, 9.17) is 5.73 Å². The highest BCUT2D eigenvalue weighted by Gasteiger charge is 2.54. The second kappa shape index (κ2) is 12.8. The van der Waals surface area contributed by atoms with E-state index in [-0.39, 0.29) is 52.3 Å². The third-order valence-electron chi connectivity index (χ3n) is 7.00. The molecule has 0 unspecified atom stereocenters. The average molecular weight is 696 g/mol. The van der Waals surface area contributed by atoms with Crippen molar-refractivity contribution in [1.82, 2.24) is 20.1 Å². The summed E-state index contributed by atoms with van der Waals surface area (Å²) in [5.41, 5.74) is 4.88. The van der Waals surface area contributed by atoms with Crippen LogP contribution in [0.4, 0.5) is 24.0 Å². The fraction of sp³-hybridized carbons (Fsp3) is 0.269. The molecular formula is C26H20F3N7O9S2. The second-order valence-electron chi connectivity index (χ2n) is 10.00. The zero-order chi connectivity index (χ0) is 34.2. The van der Waals surface area contributed by atoms with Crippen molar-refractivity contribution in [3.8, 4) is 0 Å². The Balaban J connectivity index is 1.31. The number of nitrogen functional groups attached to an aromatic ring is 1. The fourth-order valence-corrected chi connectivity index (χ4v) is 6.66. The number of fused-ring (bicyclic) bond motifs is 1. The van der Waals surface area contributed by atoms with Gasteiger partial charge in [-0.2, -0.15) is 13.2 Å². The van der Waals surface area contributed by atoms with Crippen LogP contribution in [0.25, 0.3) is 0 Å². The second-order valence-corrected chi connectivity index (χ2v) is 12.0. The molecule has 0 saturated carbocycles. The van der Waals surface area contributed by atoms with E-state index < -0.39 is 57.7 Å². The van der Waals surface area contributed by atoms with E-state index in [1.54, 1.807) is 0 Å². The van der Waals surface area contributed by atoms with Crippen LogP contribution in [0.5, 0.6) is 0 Å². The molecule has 3 aliphatic rings. The molecular weight excluding hydrogens is 675 g/mol. The molecule has 246 valence electrons. The van der Waals surface area contributed by atoms with Gasteiger partial charge in [0, 0.05) is 41.9 Å². The number of carbonyl (C=O) groups excluding carboxylic acids is 4. The third kappa shape index (κ3) is 6.79. The van der Waals surface area contributed by atoms with E-state index in [1.165, 1.54) is 35.2 Å². The predicted octanol–water partition coefficient (Wildman–Crippen LogP) is 1.54. The van der Waals surface area contributed by atoms with Crippen LogP contribution in [0.15, 0.2) is 57.7 Å². The third-order valence-corrected chi connectivity index (χ3v) is 8.98. The molecule has 2 saturated heterocycles. The lowest BCUT2D eigenvalue weighted by Gasteiger charge is -2.49. The van der Waals surface area contributed by atoms with Crippen LogP contribution in [0, 0.1) is 10.1 Å². The number of anilines is 1. The van der Waals surface area contributed by atoms with Crippen molar-refractivity contribution in [3.63, 3.8) is 0 Å². The zero-order valence-electron chi connectivity index (χ0n) is 23.4. The predicted molar refractivity (Wildman–Crippen MR) is 156 cm³/mol. The first-order valence-electron chi connectivity index (χ1n) is 13.2. The molecule has 5 rings (SSSR count). The number of oxime groups is 1. The Morgan fingerprint density at radius 3 is 2.55 bits per heavy atom. The molecule has 1 aromatic carbocycles. The van der Waals surface area contributed by atoms with Gasteiger partial charge in [-0.15, -0.1) is 23.1 Å². The van der Waals surface area contributed by atoms with Crippen LogP contribution in [0.2, 0.25) is 0 Å². The fourth-order valence-electron chi connectivity index (χ4n) is 4.81. The summed E-state index contributed by atoms with van der Waals surface area (Å²) in [5, 5.41) is 26.3. The number of aliphatic carboxylic acids is 1. The summed E-state index contributed by atoms with van der Waals surface area (Å²) in [6.07, 6.45) is -3.75. The van der Waals surface area contributed by atoms with Crippen LogP contribution in [0.1, 0.15) is 17.7 Å². The number of β-lactam (4-membered cyclic amide) rings is 1. The molecule has 47 heavy (non-hydrogen) atoms. The van der Waals surface area contributed by atoms with Gasteiger partial charge in [-0.3, -0.25) is 29.4 Å². The number of non-ortho nitro benzene ring substituents is 1. The number of halogens is 3.